The number of ether oxygens (including phenoxy) is 2. The lowest BCUT2D eigenvalue weighted by Gasteiger charge is -2.22. The van der Waals surface area contributed by atoms with Gasteiger partial charge in [0.2, 0.25) is 5.91 Å². The molecule has 0 saturated carbocycles. The van der Waals surface area contributed by atoms with Crippen molar-refractivity contribution >= 4 is 19.6 Å². The monoisotopic (exact) mass is 453 g/mol. The first kappa shape index (κ1) is 25.4. The number of amides is 1. The van der Waals surface area contributed by atoms with E-state index in [1.54, 1.807) is 33.0 Å². The predicted molar refractivity (Wildman–Crippen MR) is 123 cm³/mol. The summed E-state index contributed by atoms with van der Waals surface area (Å²) < 4.78 is 35.1. The number of benzene rings is 1. The number of unbranched alkanes of at least 4 members (excludes halogenated alkanes) is 3. The van der Waals surface area contributed by atoms with Crippen LogP contribution in [0.25, 0.3) is 6.08 Å². The van der Waals surface area contributed by atoms with E-state index in [0.29, 0.717) is 24.5 Å². The van der Waals surface area contributed by atoms with Gasteiger partial charge in [-0.25, -0.2) is 0 Å². The largest absolute Gasteiger partial charge is 0.493 e. The lowest BCUT2D eigenvalue weighted by atomic mass is 10.1. The number of rotatable bonds is 13. The first-order chi connectivity index (χ1) is 14.9. The maximum atomic E-state index is 13.4. The molecule has 0 N–H and O–H groups in total. The van der Waals surface area contributed by atoms with Gasteiger partial charge in [-0.05, 0) is 44.0 Å². The van der Waals surface area contributed by atoms with Crippen LogP contribution < -0.4 is 9.47 Å². The van der Waals surface area contributed by atoms with Crippen LogP contribution in [0.1, 0.15) is 58.4 Å². The van der Waals surface area contributed by atoms with Crippen molar-refractivity contribution in [3.8, 4) is 11.5 Å². The van der Waals surface area contributed by atoms with Crippen LogP contribution in [0.2, 0.25) is 0 Å². The molecule has 0 bridgehead atoms. The quantitative estimate of drug-likeness (QED) is 0.290. The number of hydrogen-bond donors (Lipinski definition) is 0. The molecule has 1 atom stereocenters. The van der Waals surface area contributed by atoms with E-state index in [1.807, 2.05) is 24.3 Å². The molecule has 7 nitrogen and oxygen atoms in total. The maximum Gasteiger partial charge on any atom is 0.343 e. The Morgan fingerprint density at radius 3 is 2.29 bits per heavy atom. The smallest absolute Gasteiger partial charge is 0.343 e. The lowest BCUT2D eigenvalue weighted by Crippen LogP contribution is -2.30. The fraction of sp³-hybridized carbons (Fsp3) is 0.609. The number of hydrogen-bond acceptors (Lipinski definition) is 6. The summed E-state index contributed by atoms with van der Waals surface area (Å²) in [6.07, 6.45) is 6.44. The highest BCUT2D eigenvalue weighted by atomic mass is 31.2. The van der Waals surface area contributed by atoms with Crippen molar-refractivity contribution in [1.82, 2.24) is 4.90 Å². The Balaban J connectivity index is 2.38. The van der Waals surface area contributed by atoms with Crippen molar-refractivity contribution in [3.05, 3.63) is 29.5 Å². The van der Waals surface area contributed by atoms with Gasteiger partial charge < -0.3 is 23.4 Å². The third-order valence-corrected chi connectivity index (χ3v) is 7.68. The summed E-state index contributed by atoms with van der Waals surface area (Å²) >= 11 is 0. The Morgan fingerprint density at radius 1 is 1.03 bits per heavy atom. The summed E-state index contributed by atoms with van der Waals surface area (Å²) in [4.78, 5) is 15.0. The summed E-state index contributed by atoms with van der Waals surface area (Å²) in [5, 5.41) is 0. The van der Waals surface area contributed by atoms with Gasteiger partial charge in [-0.1, -0.05) is 32.3 Å². The van der Waals surface area contributed by atoms with Crippen LogP contribution >= 0.6 is 7.60 Å². The number of carbonyl (C=O) groups excluding carboxylic acids is 1. The summed E-state index contributed by atoms with van der Waals surface area (Å²) in [5.74, 6) is 1.06. The van der Waals surface area contributed by atoms with Gasteiger partial charge in [0.1, 0.15) is 5.66 Å². The van der Waals surface area contributed by atoms with E-state index in [0.717, 1.165) is 36.9 Å². The summed E-state index contributed by atoms with van der Waals surface area (Å²) in [7, 11) is -0.374. The molecule has 1 aliphatic heterocycles. The minimum absolute atomic E-state index is 0.187. The number of allylic oxidation sites excluding steroid dienone is 1. The van der Waals surface area contributed by atoms with Gasteiger partial charge in [-0.15, -0.1) is 0 Å². The van der Waals surface area contributed by atoms with Gasteiger partial charge in [0.15, 0.2) is 11.5 Å². The maximum absolute atomic E-state index is 13.4. The highest BCUT2D eigenvalue weighted by Crippen LogP contribution is 2.58. The molecule has 1 saturated heterocycles. The third-order valence-electron chi connectivity index (χ3n) is 5.28. The molecular weight excluding hydrogens is 417 g/mol. The first-order valence-corrected chi connectivity index (χ1v) is 12.7. The molecule has 174 valence electrons. The van der Waals surface area contributed by atoms with Crippen LogP contribution in [0.4, 0.5) is 0 Å². The summed E-state index contributed by atoms with van der Waals surface area (Å²) in [5.41, 5.74) is 0.880. The van der Waals surface area contributed by atoms with Gasteiger partial charge >= 0.3 is 7.60 Å². The SMILES string of the molecule is CCCCCCN1C(=O)C(P(=O)(OCC)OCC)C/C1=C\c1ccc(OC)c(OC)c1. The first-order valence-electron chi connectivity index (χ1n) is 11.1. The molecule has 1 fully saturated rings. The summed E-state index contributed by atoms with van der Waals surface area (Å²) in [6.45, 7) is 6.72. The number of nitrogens with zero attached hydrogens (tertiary/aromatic N) is 1. The molecule has 0 spiro atoms. The molecule has 1 heterocycles. The van der Waals surface area contributed by atoms with E-state index in [1.165, 1.54) is 0 Å². The van der Waals surface area contributed by atoms with Crippen LogP contribution in [0, 0.1) is 0 Å². The Bertz CT molecular complexity index is 799. The van der Waals surface area contributed by atoms with Crippen LogP contribution in [-0.2, 0) is 18.4 Å². The average Bonchev–Trinajstić information content (AvgIpc) is 3.07. The van der Waals surface area contributed by atoms with Gasteiger partial charge in [0, 0.05) is 18.7 Å². The molecule has 0 aromatic heterocycles. The number of carbonyl (C=O) groups is 1. The molecule has 1 amide bonds. The molecule has 2 rings (SSSR count). The fourth-order valence-corrected chi connectivity index (χ4v) is 5.74. The molecule has 8 heteroatoms. The number of likely N-dealkylation sites (tertiary alicyclic amines) is 1. The van der Waals surface area contributed by atoms with Gasteiger partial charge in [-0.2, -0.15) is 0 Å². The van der Waals surface area contributed by atoms with Crippen molar-refractivity contribution in [3.63, 3.8) is 0 Å². The van der Waals surface area contributed by atoms with Gasteiger partial charge in [0.25, 0.3) is 0 Å². The van der Waals surface area contributed by atoms with Crippen LogP contribution in [0.15, 0.2) is 23.9 Å². The molecular formula is C23H36NO6P. The standard InChI is InChI=1S/C23H36NO6P/c1-6-9-10-11-14-24-19(15-18-12-13-20(27-4)21(16-18)28-5)17-22(23(24)25)31(26,29-7-2)30-8-3/h12-13,15-16,22H,6-11,14,17H2,1-5H3/b19-15+. The van der Waals surface area contributed by atoms with E-state index >= 15 is 0 Å². The number of methoxy groups -OCH3 is 2. The minimum Gasteiger partial charge on any atom is -0.493 e. The molecule has 1 aromatic rings. The van der Waals surface area contributed by atoms with Gasteiger partial charge in [-0.3, -0.25) is 9.36 Å². The second-order valence-electron chi connectivity index (χ2n) is 7.40. The van der Waals surface area contributed by atoms with Crippen molar-refractivity contribution in [2.24, 2.45) is 0 Å². The topological polar surface area (TPSA) is 74.3 Å². The Hall–Kier alpha value is -1.82. The van der Waals surface area contributed by atoms with Crippen molar-refractivity contribution in [2.45, 2.75) is 58.5 Å². The van der Waals surface area contributed by atoms with Crippen LogP contribution in [-0.4, -0.2) is 50.4 Å². The van der Waals surface area contributed by atoms with Crippen LogP contribution in [0.5, 0.6) is 11.5 Å². The van der Waals surface area contributed by atoms with E-state index in [2.05, 4.69) is 6.92 Å². The molecule has 0 radical (unpaired) electrons. The highest BCUT2D eigenvalue weighted by Gasteiger charge is 2.48. The lowest BCUT2D eigenvalue weighted by molar-refractivity contribution is -0.126. The molecule has 1 aromatic carbocycles. The van der Waals surface area contributed by atoms with E-state index in [-0.39, 0.29) is 19.1 Å². The van der Waals surface area contributed by atoms with Crippen molar-refractivity contribution in [1.29, 1.82) is 0 Å². The van der Waals surface area contributed by atoms with Crippen LogP contribution in [0.3, 0.4) is 0 Å². The second-order valence-corrected chi connectivity index (χ2v) is 9.62. The minimum atomic E-state index is -3.55. The molecule has 0 aliphatic carbocycles. The van der Waals surface area contributed by atoms with E-state index < -0.39 is 13.3 Å². The second kappa shape index (κ2) is 12.3. The Kier molecular flexibility index (Phi) is 10.1. The average molecular weight is 454 g/mol. The normalized spacial score (nSPS) is 18.1. The molecule has 1 aliphatic rings. The van der Waals surface area contributed by atoms with Crippen molar-refractivity contribution < 1.29 is 27.9 Å². The van der Waals surface area contributed by atoms with E-state index in [9.17, 15) is 9.36 Å². The third kappa shape index (κ3) is 6.34. The Labute approximate surface area is 186 Å². The predicted octanol–water partition coefficient (Wildman–Crippen LogP) is 5.49. The molecule has 31 heavy (non-hydrogen) atoms. The molecule has 1 unspecified atom stereocenters. The highest BCUT2D eigenvalue weighted by molar-refractivity contribution is 7.55. The van der Waals surface area contributed by atoms with E-state index in [4.69, 9.17) is 18.5 Å². The summed E-state index contributed by atoms with van der Waals surface area (Å²) in [6, 6.07) is 5.60. The van der Waals surface area contributed by atoms with Crippen molar-refractivity contribution in [2.75, 3.05) is 34.0 Å². The zero-order valence-electron chi connectivity index (χ0n) is 19.4. The van der Waals surface area contributed by atoms with Gasteiger partial charge in [0.05, 0.1) is 27.4 Å². The zero-order chi connectivity index (χ0) is 22.9. The fourth-order valence-electron chi connectivity index (χ4n) is 3.76. The Morgan fingerprint density at radius 2 is 1.71 bits per heavy atom. The zero-order valence-corrected chi connectivity index (χ0v) is 20.3.